The zero-order valence-corrected chi connectivity index (χ0v) is 11.2. The number of benzene rings is 2. The first-order valence-electron chi connectivity index (χ1n) is 5.84. The molecule has 0 atom stereocenters. The van der Waals surface area contributed by atoms with Crippen molar-refractivity contribution in [1.29, 1.82) is 0 Å². The predicted octanol–water partition coefficient (Wildman–Crippen LogP) is 4.42. The Kier molecular flexibility index (Phi) is 3.78. The highest BCUT2D eigenvalue weighted by atomic mass is 35.5. The average molecular weight is 263 g/mol. The molecule has 18 heavy (non-hydrogen) atoms. The Morgan fingerprint density at radius 1 is 1.17 bits per heavy atom. The largest absolute Gasteiger partial charge is 0.508 e. The lowest BCUT2D eigenvalue weighted by Gasteiger charge is -2.09. The lowest BCUT2D eigenvalue weighted by molar-refractivity contribution is 0.340. The van der Waals surface area contributed by atoms with E-state index in [4.69, 9.17) is 16.3 Å². The Morgan fingerprint density at radius 3 is 2.56 bits per heavy atom. The maximum absolute atomic E-state index is 9.72. The molecule has 0 aliphatic carbocycles. The molecule has 2 aromatic rings. The van der Waals surface area contributed by atoms with Gasteiger partial charge in [0.2, 0.25) is 0 Å². The molecule has 0 unspecified atom stereocenters. The van der Waals surface area contributed by atoms with Crippen LogP contribution >= 0.6 is 11.6 Å². The first-order chi connectivity index (χ1) is 8.61. The highest BCUT2D eigenvalue weighted by Gasteiger charge is 2.07. The number of halogens is 1. The summed E-state index contributed by atoms with van der Waals surface area (Å²) in [5, 5.41) is 10.3. The number of ether oxygens (including phenoxy) is 1. The highest BCUT2D eigenvalue weighted by Crippen LogP contribution is 2.33. The third kappa shape index (κ3) is 2.59. The van der Waals surface area contributed by atoms with E-state index in [-0.39, 0.29) is 5.75 Å². The van der Waals surface area contributed by atoms with E-state index in [1.165, 1.54) is 0 Å². The number of aryl methyl sites for hydroxylation is 1. The average Bonchev–Trinajstić information content (AvgIpc) is 2.34. The Bertz CT molecular complexity index is 564. The smallest absolute Gasteiger partial charge is 0.120 e. The van der Waals surface area contributed by atoms with Crippen molar-refractivity contribution < 1.29 is 9.84 Å². The molecule has 94 valence electrons. The summed E-state index contributed by atoms with van der Waals surface area (Å²) in [6.45, 7) is 4.40. The van der Waals surface area contributed by atoms with Gasteiger partial charge in [-0.05, 0) is 49.2 Å². The van der Waals surface area contributed by atoms with Crippen LogP contribution in [0.15, 0.2) is 36.4 Å². The Hall–Kier alpha value is -1.67. The fraction of sp³-hybridized carbons (Fsp3) is 0.200. The molecule has 0 amide bonds. The van der Waals surface area contributed by atoms with E-state index in [1.807, 2.05) is 38.1 Å². The summed E-state index contributed by atoms with van der Waals surface area (Å²) in [6, 6.07) is 11.1. The maximum atomic E-state index is 9.72. The fourth-order valence-electron chi connectivity index (χ4n) is 1.76. The van der Waals surface area contributed by atoms with E-state index in [9.17, 15) is 5.11 Å². The second kappa shape index (κ2) is 5.32. The number of hydrogen-bond donors (Lipinski definition) is 1. The summed E-state index contributed by atoms with van der Waals surface area (Å²) >= 11 is 6.23. The number of aromatic hydroxyl groups is 1. The Labute approximate surface area is 112 Å². The molecule has 0 saturated heterocycles. The van der Waals surface area contributed by atoms with E-state index < -0.39 is 0 Å². The van der Waals surface area contributed by atoms with Crippen LogP contribution < -0.4 is 4.74 Å². The standard InChI is InChI=1S/C15H15ClO2/c1-3-18-12-6-7-13(14(16)9-12)11-5-4-10(2)15(17)8-11/h4-9,17H,3H2,1-2H3. The monoisotopic (exact) mass is 262 g/mol. The Balaban J connectivity index is 2.41. The zero-order valence-electron chi connectivity index (χ0n) is 10.4. The van der Waals surface area contributed by atoms with E-state index in [1.54, 1.807) is 12.1 Å². The van der Waals surface area contributed by atoms with Gasteiger partial charge in [-0.3, -0.25) is 0 Å². The van der Waals surface area contributed by atoms with Gasteiger partial charge in [0.05, 0.1) is 11.6 Å². The molecule has 1 N–H and O–H groups in total. The van der Waals surface area contributed by atoms with Crippen molar-refractivity contribution in [3.05, 3.63) is 47.0 Å². The summed E-state index contributed by atoms with van der Waals surface area (Å²) < 4.78 is 5.39. The second-order valence-electron chi connectivity index (χ2n) is 4.08. The van der Waals surface area contributed by atoms with E-state index in [0.717, 1.165) is 22.4 Å². The highest BCUT2D eigenvalue weighted by molar-refractivity contribution is 6.33. The molecule has 0 heterocycles. The molecule has 0 bridgehead atoms. The molecule has 2 rings (SSSR count). The number of hydrogen-bond acceptors (Lipinski definition) is 2. The van der Waals surface area contributed by atoms with Crippen molar-refractivity contribution in [3.63, 3.8) is 0 Å². The van der Waals surface area contributed by atoms with Gasteiger partial charge in [0, 0.05) is 5.56 Å². The van der Waals surface area contributed by atoms with Gasteiger partial charge in [0.1, 0.15) is 11.5 Å². The summed E-state index contributed by atoms with van der Waals surface area (Å²) in [7, 11) is 0. The first-order valence-corrected chi connectivity index (χ1v) is 6.22. The van der Waals surface area contributed by atoms with Gasteiger partial charge in [-0.15, -0.1) is 0 Å². The second-order valence-corrected chi connectivity index (χ2v) is 4.48. The van der Waals surface area contributed by atoms with Crippen molar-refractivity contribution in [3.8, 4) is 22.6 Å². The van der Waals surface area contributed by atoms with E-state index in [2.05, 4.69) is 0 Å². The van der Waals surface area contributed by atoms with Gasteiger partial charge in [-0.2, -0.15) is 0 Å². The lowest BCUT2D eigenvalue weighted by Crippen LogP contribution is -1.91. The minimum Gasteiger partial charge on any atom is -0.508 e. The molecule has 2 aromatic carbocycles. The summed E-state index contributed by atoms with van der Waals surface area (Å²) in [5.41, 5.74) is 2.63. The normalized spacial score (nSPS) is 10.4. The maximum Gasteiger partial charge on any atom is 0.120 e. The molecule has 0 aliphatic heterocycles. The predicted molar refractivity (Wildman–Crippen MR) is 74.5 cm³/mol. The molecule has 0 aromatic heterocycles. The molecule has 2 nitrogen and oxygen atoms in total. The molecule has 0 saturated carbocycles. The molecular weight excluding hydrogens is 248 g/mol. The minimum absolute atomic E-state index is 0.275. The molecular formula is C15H15ClO2. The molecule has 3 heteroatoms. The van der Waals surface area contributed by atoms with Gasteiger partial charge >= 0.3 is 0 Å². The Morgan fingerprint density at radius 2 is 1.94 bits per heavy atom. The number of phenols is 1. The van der Waals surface area contributed by atoms with Crippen molar-refractivity contribution in [2.45, 2.75) is 13.8 Å². The summed E-state index contributed by atoms with van der Waals surface area (Å²) in [6.07, 6.45) is 0. The molecule has 0 fully saturated rings. The number of rotatable bonds is 3. The van der Waals surface area contributed by atoms with Gasteiger partial charge in [-0.1, -0.05) is 23.7 Å². The SMILES string of the molecule is CCOc1ccc(-c2ccc(C)c(O)c2)c(Cl)c1. The van der Waals surface area contributed by atoms with Crippen molar-refractivity contribution in [1.82, 2.24) is 0 Å². The van der Waals surface area contributed by atoms with Gasteiger partial charge in [0.15, 0.2) is 0 Å². The van der Waals surface area contributed by atoms with Crippen molar-refractivity contribution >= 4 is 11.6 Å². The molecule has 0 spiro atoms. The van der Waals surface area contributed by atoms with Crippen LogP contribution in [0.25, 0.3) is 11.1 Å². The van der Waals surface area contributed by atoms with Crippen LogP contribution in [0.2, 0.25) is 5.02 Å². The van der Waals surface area contributed by atoms with Crippen LogP contribution in [-0.2, 0) is 0 Å². The van der Waals surface area contributed by atoms with Crippen molar-refractivity contribution in [2.24, 2.45) is 0 Å². The third-order valence-corrected chi connectivity index (χ3v) is 3.08. The summed E-state index contributed by atoms with van der Waals surface area (Å²) in [5.74, 6) is 1.03. The topological polar surface area (TPSA) is 29.5 Å². The summed E-state index contributed by atoms with van der Waals surface area (Å²) in [4.78, 5) is 0. The van der Waals surface area contributed by atoms with Gasteiger partial charge in [0.25, 0.3) is 0 Å². The van der Waals surface area contributed by atoms with Crippen molar-refractivity contribution in [2.75, 3.05) is 6.61 Å². The number of phenolic OH excluding ortho intramolecular Hbond substituents is 1. The zero-order chi connectivity index (χ0) is 13.1. The van der Waals surface area contributed by atoms with E-state index >= 15 is 0 Å². The minimum atomic E-state index is 0.275. The molecule has 0 radical (unpaired) electrons. The van der Waals surface area contributed by atoms with E-state index in [0.29, 0.717) is 11.6 Å². The van der Waals surface area contributed by atoms with Gasteiger partial charge < -0.3 is 9.84 Å². The van der Waals surface area contributed by atoms with Crippen LogP contribution in [-0.4, -0.2) is 11.7 Å². The van der Waals surface area contributed by atoms with Crippen LogP contribution in [0, 0.1) is 6.92 Å². The van der Waals surface area contributed by atoms with Crippen LogP contribution in [0.4, 0.5) is 0 Å². The van der Waals surface area contributed by atoms with Crippen LogP contribution in [0.3, 0.4) is 0 Å². The third-order valence-electron chi connectivity index (χ3n) is 2.77. The van der Waals surface area contributed by atoms with Crippen LogP contribution in [0.1, 0.15) is 12.5 Å². The lowest BCUT2D eigenvalue weighted by atomic mass is 10.0. The first kappa shape index (κ1) is 12.8. The van der Waals surface area contributed by atoms with Gasteiger partial charge in [-0.25, -0.2) is 0 Å². The van der Waals surface area contributed by atoms with Crippen LogP contribution in [0.5, 0.6) is 11.5 Å². The molecule has 0 aliphatic rings. The fourth-order valence-corrected chi connectivity index (χ4v) is 2.04. The quantitative estimate of drug-likeness (QED) is 0.887.